The lowest BCUT2D eigenvalue weighted by atomic mass is 9.95. The fourth-order valence-electron chi connectivity index (χ4n) is 3.66. The Morgan fingerprint density at radius 1 is 1.20 bits per heavy atom. The highest BCUT2D eigenvalue weighted by Crippen LogP contribution is 2.24. The van der Waals surface area contributed by atoms with E-state index in [0.29, 0.717) is 17.8 Å². The summed E-state index contributed by atoms with van der Waals surface area (Å²) in [4.78, 5) is 12.8. The van der Waals surface area contributed by atoms with E-state index >= 15 is 0 Å². The number of amides is 1. The first-order valence-electron chi connectivity index (χ1n) is 8.83. The molecule has 0 unspecified atom stereocenters. The van der Waals surface area contributed by atoms with Crippen molar-refractivity contribution in [2.24, 2.45) is 0 Å². The van der Waals surface area contributed by atoms with Gasteiger partial charge in [-0.3, -0.25) is 4.79 Å². The molecule has 130 valence electrons. The van der Waals surface area contributed by atoms with E-state index in [-0.39, 0.29) is 17.8 Å². The number of benzene rings is 1. The molecule has 2 heterocycles. The summed E-state index contributed by atoms with van der Waals surface area (Å²) in [6, 6.07) is 10.3. The van der Waals surface area contributed by atoms with Crippen LogP contribution in [0.2, 0.25) is 0 Å². The number of rotatable bonds is 4. The molecule has 0 saturated heterocycles. The Labute approximate surface area is 145 Å². The zero-order valence-corrected chi connectivity index (χ0v) is 14.0. The van der Waals surface area contributed by atoms with Crippen molar-refractivity contribution in [2.75, 3.05) is 0 Å². The number of carbonyl (C=O) groups is 1. The van der Waals surface area contributed by atoms with E-state index in [2.05, 4.69) is 5.32 Å². The number of nitrogens with zero attached hydrogens (tertiary/aromatic N) is 1. The van der Waals surface area contributed by atoms with Gasteiger partial charge in [-0.15, -0.1) is 0 Å². The van der Waals surface area contributed by atoms with Gasteiger partial charge >= 0.3 is 0 Å². The molecule has 0 atom stereocenters. The fraction of sp³-hybridized carbons (Fsp3) is 0.350. The van der Waals surface area contributed by atoms with Crippen LogP contribution in [-0.4, -0.2) is 16.5 Å². The van der Waals surface area contributed by atoms with Gasteiger partial charge in [0.05, 0.1) is 11.8 Å². The predicted molar refractivity (Wildman–Crippen MR) is 94.0 cm³/mol. The molecule has 4 rings (SSSR count). The maximum Gasteiger partial charge on any atom is 0.268 e. The average Bonchev–Trinajstić information content (AvgIpc) is 3.19. The molecule has 1 aromatic carbocycles. The Kier molecular flexibility index (Phi) is 4.30. The minimum absolute atomic E-state index is 0.0882. The molecule has 1 aliphatic carbocycles. The Bertz CT molecular complexity index is 890. The summed E-state index contributed by atoms with van der Waals surface area (Å²) in [6.45, 7) is 0.425. The molecule has 3 aromatic rings. The third-order valence-electron chi connectivity index (χ3n) is 4.93. The molecule has 0 bridgehead atoms. The standard InChI is InChI=1S/C20H21FN2O2/c21-15-6-4-5-14(11-15)13-23-17-9-10-25-19(17)12-18(23)20(24)22-16-7-2-1-3-8-16/h4-6,9-12,16H,1-3,7-8,13H2,(H,22,24). The van der Waals surface area contributed by atoms with E-state index in [9.17, 15) is 9.18 Å². The lowest BCUT2D eigenvalue weighted by Gasteiger charge is -2.23. The van der Waals surface area contributed by atoms with Gasteiger partial charge in [-0.25, -0.2) is 4.39 Å². The van der Waals surface area contributed by atoms with Crippen LogP contribution in [0.1, 0.15) is 48.2 Å². The highest BCUT2D eigenvalue weighted by Gasteiger charge is 2.21. The van der Waals surface area contributed by atoms with E-state index in [1.807, 2.05) is 16.7 Å². The number of nitrogens with one attached hydrogen (secondary N) is 1. The zero-order valence-electron chi connectivity index (χ0n) is 14.0. The first-order valence-corrected chi connectivity index (χ1v) is 8.83. The van der Waals surface area contributed by atoms with Crippen LogP contribution in [0.3, 0.4) is 0 Å². The molecule has 1 fully saturated rings. The van der Waals surface area contributed by atoms with Gasteiger partial charge < -0.3 is 14.3 Å². The van der Waals surface area contributed by atoms with E-state index in [4.69, 9.17) is 4.42 Å². The van der Waals surface area contributed by atoms with E-state index in [0.717, 1.165) is 36.8 Å². The van der Waals surface area contributed by atoms with Gasteiger partial charge in [0.1, 0.15) is 11.5 Å². The summed E-state index contributed by atoms with van der Waals surface area (Å²) < 4.78 is 20.9. The van der Waals surface area contributed by atoms with Gasteiger partial charge in [-0.05, 0) is 30.5 Å². The fourth-order valence-corrected chi connectivity index (χ4v) is 3.66. The molecule has 0 radical (unpaired) electrons. The minimum atomic E-state index is -0.277. The van der Waals surface area contributed by atoms with Crippen molar-refractivity contribution < 1.29 is 13.6 Å². The van der Waals surface area contributed by atoms with Crippen molar-refractivity contribution in [2.45, 2.75) is 44.7 Å². The van der Waals surface area contributed by atoms with Crippen molar-refractivity contribution in [3.8, 4) is 0 Å². The van der Waals surface area contributed by atoms with Crippen LogP contribution in [0, 0.1) is 5.82 Å². The SMILES string of the molecule is O=C(NC1CCCCC1)c1cc2occc2n1Cc1cccc(F)c1. The highest BCUT2D eigenvalue weighted by molar-refractivity contribution is 5.97. The van der Waals surface area contributed by atoms with Gasteiger partial charge in [0.2, 0.25) is 0 Å². The minimum Gasteiger partial charge on any atom is -0.463 e. The van der Waals surface area contributed by atoms with Gasteiger partial charge in [0.15, 0.2) is 5.58 Å². The van der Waals surface area contributed by atoms with Gasteiger partial charge in [0.25, 0.3) is 5.91 Å². The average molecular weight is 340 g/mol. The molecule has 5 heteroatoms. The number of carbonyl (C=O) groups excluding carboxylic acids is 1. The van der Waals surface area contributed by atoms with Crippen molar-refractivity contribution >= 4 is 17.0 Å². The molecule has 25 heavy (non-hydrogen) atoms. The number of hydrogen-bond acceptors (Lipinski definition) is 2. The Balaban J connectivity index is 1.63. The first kappa shape index (κ1) is 15.9. The van der Waals surface area contributed by atoms with Crippen molar-refractivity contribution in [1.82, 2.24) is 9.88 Å². The maximum absolute atomic E-state index is 13.5. The Morgan fingerprint density at radius 2 is 2.04 bits per heavy atom. The van der Waals surface area contributed by atoms with Crippen LogP contribution in [0.15, 0.2) is 47.1 Å². The number of furan rings is 1. The topological polar surface area (TPSA) is 47.2 Å². The summed E-state index contributed by atoms with van der Waals surface area (Å²) in [5.74, 6) is -0.365. The normalized spacial score (nSPS) is 15.6. The summed E-state index contributed by atoms with van der Waals surface area (Å²) in [5, 5.41) is 3.15. The van der Waals surface area contributed by atoms with Crippen LogP contribution >= 0.6 is 0 Å². The molecule has 1 aliphatic rings. The quantitative estimate of drug-likeness (QED) is 0.761. The molecule has 4 nitrogen and oxygen atoms in total. The Hall–Kier alpha value is -2.56. The molecule has 0 aliphatic heterocycles. The third-order valence-corrected chi connectivity index (χ3v) is 4.93. The maximum atomic E-state index is 13.5. The van der Waals surface area contributed by atoms with Gasteiger partial charge in [-0.1, -0.05) is 31.4 Å². The molecular formula is C20H21FN2O2. The zero-order chi connectivity index (χ0) is 17.2. The largest absolute Gasteiger partial charge is 0.463 e. The predicted octanol–water partition coefficient (Wildman–Crippen LogP) is 4.48. The van der Waals surface area contributed by atoms with Crippen molar-refractivity contribution in [3.63, 3.8) is 0 Å². The second-order valence-corrected chi connectivity index (χ2v) is 6.72. The van der Waals surface area contributed by atoms with Crippen LogP contribution in [0.5, 0.6) is 0 Å². The number of aromatic nitrogens is 1. The third kappa shape index (κ3) is 3.31. The molecule has 1 saturated carbocycles. The van der Waals surface area contributed by atoms with Crippen molar-refractivity contribution in [1.29, 1.82) is 0 Å². The highest BCUT2D eigenvalue weighted by atomic mass is 19.1. The summed E-state index contributed by atoms with van der Waals surface area (Å²) >= 11 is 0. The van der Waals surface area contributed by atoms with Gasteiger partial charge in [0, 0.05) is 24.7 Å². The number of hydrogen-bond donors (Lipinski definition) is 1. The molecule has 1 N–H and O–H groups in total. The van der Waals surface area contributed by atoms with Crippen LogP contribution < -0.4 is 5.32 Å². The summed E-state index contributed by atoms with van der Waals surface area (Å²) in [7, 11) is 0. The smallest absolute Gasteiger partial charge is 0.268 e. The lowest BCUT2D eigenvalue weighted by molar-refractivity contribution is 0.0919. The van der Waals surface area contributed by atoms with Crippen LogP contribution in [0.25, 0.3) is 11.1 Å². The molecule has 0 spiro atoms. The molecule has 1 amide bonds. The van der Waals surface area contributed by atoms with E-state index < -0.39 is 0 Å². The second-order valence-electron chi connectivity index (χ2n) is 6.72. The Morgan fingerprint density at radius 3 is 2.84 bits per heavy atom. The lowest BCUT2D eigenvalue weighted by Crippen LogP contribution is -2.37. The summed E-state index contributed by atoms with van der Waals surface area (Å²) in [6.07, 6.45) is 7.25. The second kappa shape index (κ2) is 6.75. The first-order chi connectivity index (χ1) is 12.2. The van der Waals surface area contributed by atoms with Crippen molar-refractivity contribution in [3.05, 3.63) is 59.7 Å². The summed E-state index contributed by atoms with van der Waals surface area (Å²) in [5.41, 5.74) is 2.89. The number of halogens is 1. The van der Waals surface area contributed by atoms with Crippen LogP contribution in [0.4, 0.5) is 4.39 Å². The number of fused-ring (bicyclic) bond motifs is 1. The monoisotopic (exact) mass is 340 g/mol. The molecular weight excluding hydrogens is 319 g/mol. The van der Waals surface area contributed by atoms with Crippen LogP contribution in [-0.2, 0) is 6.54 Å². The van der Waals surface area contributed by atoms with E-state index in [1.165, 1.54) is 18.6 Å². The van der Waals surface area contributed by atoms with E-state index in [1.54, 1.807) is 18.4 Å². The van der Waals surface area contributed by atoms with Gasteiger partial charge in [-0.2, -0.15) is 0 Å². The molecule has 2 aromatic heterocycles.